The highest BCUT2D eigenvalue weighted by atomic mass is 16.3. The largest absolute Gasteiger partial charge is 0.507 e. The summed E-state index contributed by atoms with van der Waals surface area (Å²) in [6.45, 7) is 0. The van der Waals surface area contributed by atoms with Gasteiger partial charge < -0.3 is 10.8 Å². The van der Waals surface area contributed by atoms with Crippen LogP contribution >= 0.6 is 0 Å². The lowest BCUT2D eigenvalue weighted by molar-refractivity contribution is 0.477. The fraction of sp³-hybridized carbons (Fsp3) is 0.267. The highest BCUT2D eigenvalue weighted by Gasteiger charge is 2.17. The number of aryl methyl sites for hydroxylation is 1. The zero-order valence-corrected chi connectivity index (χ0v) is 10.1. The summed E-state index contributed by atoms with van der Waals surface area (Å²) >= 11 is 0. The minimum atomic E-state index is 0.260. The van der Waals surface area contributed by atoms with Gasteiger partial charge in [0, 0.05) is 17.3 Å². The number of hydrogen-bond donors (Lipinski definition) is 2. The number of phenols is 1. The molecule has 3 heteroatoms. The Balaban J connectivity index is 2.03. The first-order chi connectivity index (χ1) is 8.74. The van der Waals surface area contributed by atoms with Crippen molar-refractivity contribution in [3.8, 4) is 17.0 Å². The van der Waals surface area contributed by atoms with E-state index in [1.165, 1.54) is 5.56 Å². The van der Waals surface area contributed by atoms with E-state index in [-0.39, 0.29) is 11.8 Å². The molecule has 2 aromatic rings. The van der Waals surface area contributed by atoms with Crippen LogP contribution in [0.25, 0.3) is 11.3 Å². The van der Waals surface area contributed by atoms with E-state index in [0.717, 1.165) is 36.2 Å². The molecule has 0 saturated heterocycles. The molecule has 1 aliphatic rings. The van der Waals surface area contributed by atoms with Crippen molar-refractivity contribution < 1.29 is 5.11 Å². The van der Waals surface area contributed by atoms with Crippen LogP contribution in [0.5, 0.6) is 5.75 Å². The second-order valence-electron chi connectivity index (χ2n) is 4.82. The third-order valence-corrected chi connectivity index (χ3v) is 3.48. The van der Waals surface area contributed by atoms with E-state index < -0.39 is 0 Å². The van der Waals surface area contributed by atoms with Crippen molar-refractivity contribution in [2.45, 2.75) is 25.3 Å². The molecule has 18 heavy (non-hydrogen) atoms. The first-order valence-corrected chi connectivity index (χ1v) is 6.27. The minimum absolute atomic E-state index is 0.260. The molecule has 3 N–H and O–H groups in total. The Bertz CT molecular complexity index is 580. The third-order valence-electron chi connectivity index (χ3n) is 3.48. The van der Waals surface area contributed by atoms with Crippen molar-refractivity contribution >= 4 is 0 Å². The normalized spacial score (nSPS) is 18.4. The number of nitrogens with zero attached hydrogens (tertiary/aromatic N) is 1. The molecule has 1 aliphatic carbocycles. The van der Waals surface area contributed by atoms with E-state index in [0.29, 0.717) is 0 Å². The molecular formula is C15H16N2O. The van der Waals surface area contributed by atoms with Gasteiger partial charge in [0.15, 0.2) is 0 Å². The number of hydrogen-bond acceptors (Lipinski definition) is 3. The van der Waals surface area contributed by atoms with Crippen LogP contribution in [0.2, 0.25) is 0 Å². The Hall–Kier alpha value is -1.87. The van der Waals surface area contributed by atoms with Crippen molar-refractivity contribution in [1.82, 2.24) is 4.98 Å². The van der Waals surface area contributed by atoms with Crippen LogP contribution in [-0.2, 0) is 12.8 Å². The molecule has 92 valence electrons. The van der Waals surface area contributed by atoms with Gasteiger partial charge in [-0.05, 0) is 43.0 Å². The van der Waals surface area contributed by atoms with Gasteiger partial charge in [-0.1, -0.05) is 18.2 Å². The van der Waals surface area contributed by atoms with E-state index in [4.69, 9.17) is 5.73 Å². The Kier molecular flexibility index (Phi) is 2.76. The van der Waals surface area contributed by atoms with Crippen LogP contribution in [0.15, 0.2) is 36.4 Å². The zero-order valence-electron chi connectivity index (χ0n) is 10.1. The number of fused-ring (bicyclic) bond motifs is 1. The fourth-order valence-electron chi connectivity index (χ4n) is 2.48. The van der Waals surface area contributed by atoms with Gasteiger partial charge in [-0.3, -0.25) is 4.98 Å². The lowest BCUT2D eigenvalue weighted by Gasteiger charge is -2.21. The predicted molar refractivity (Wildman–Crippen MR) is 71.3 cm³/mol. The third kappa shape index (κ3) is 1.97. The summed E-state index contributed by atoms with van der Waals surface area (Å²) in [5, 5.41) is 9.85. The molecule has 0 fully saturated rings. The Morgan fingerprint density at radius 3 is 2.83 bits per heavy atom. The fourth-order valence-corrected chi connectivity index (χ4v) is 2.48. The predicted octanol–water partition coefficient (Wildman–Crippen LogP) is 2.27. The van der Waals surface area contributed by atoms with Gasteiger partial charge in [0.1, 0.15) is 5.75 Å². The van der Waals surface area contributed by atoms with Gasteiger partial charge in [0.25, 0.3) is 0 Å². The summed E-state index contributed by atoms with van der Waals surface area (Å²) in [6.07, 6.45) is 2.82. The second kappa shape index (κ2) is 4.42. The van der Waals surface area contributed by atoms with Gasteiger partial charge in [-0.25, -0.2) is 0 Å². The molecule has 3 nitrogen and oxygen atoms in total. The molecule has 1 atom stereocenters. The highest BCUT2D eigenvalue weighted by molar-refractivity contribution is 5.66. The van der Waals surface area contributed by atoms with Gasteiger partial charge in [0.2, 0.25) is 0 Å². The quantitative estimate of drug-likeness (QED) is 0.804. The summed E-state index contributed by atoms with van der Waals surface area (Å²) in [5.74, 6) is 0.275. The van der Waals surface area contributed by atoms with Crippen LogP contribution in [0.4, 0.5) is 0 Å². The van der Waals surface area contributed by atoms with E-state index in [1.807, 2.05) is 24.3 Å². The number of nitrogens with two attached hydrogens (primary N) is 1. The van der Waals surface area contributed by atoms with Gasteiger partial charge >= 0.3 is 0 Å². The standard InChI is InChI=1S/C15H16N2O/c16-11-6-8-13-10(9-11)5-7-14(17-13)12-3-1-2-4-15(12)18/h1-5,7,11,18H,6,8-9,16H2. The number of para-hydroxylation sites is 1. The van der Waals surface area contributed by atoms with E-state index in [1.54, 1.807) is 6.07 Å². The number of benzene rings is 1. The molecule has 3 rings (SSSR count). The average molecular weight is 240 g/mol. The second-order valence-corrected chi connectivity index (χ2v) is 4.82. The lowest BCUT2D eigenvalue weighted by atomic mass is 9.92. The number of aromatic hydroxyl groups is 1. The molecule has 1 unspecified atom stereocenters. The monoisotopic (exact) mass is 240 g/mol. The number of aromatic nitrogens is 1. The maximum Gasteiger partial charge on any atom is 0.124 e. The van der Waals surface area contributed by atoms with Crippen LogP contribution in [0.3, 0.4) is 0 Å². The van der Waals surface area contributed by atoms with Gasteiger partial charge in [-0.2, -0.15) is 0 Å². The molecule has 1 aromatic carbocycles. The molecule has 0 spiro atoms. The van der Waals surface area contributed by atoms with Gasteiger partial charge in [0.05, 0.1) is 5.69 Å². The number of rotatable bonds is 1. The number of phenolic OH excluding ortho intramolecular Hbond substituents is 1. The van der Waals surface area contributed by atoms with Crippen LogP contribution < -0.4 is 5.73 Å². The molecule has 0 amide bonds. The van der Waals surface area contributed by atoms with Crippen LogP contribution in [0, 0.1) is 0 Å². The average Bonchev–Trinajstić information content (AvgIpc) is 2.39. The molecule has 0 aliphatic heterocycles. The zero-order chi connectivity index (χ0) is 12.5. The Labute approximate surface area is 106 Å². The maximum absolute atomic E-state index is 9.85. The summed E-state index contributed by atoms with van der Waals surface area (Å²) < 4.78 is 0. The molecule has 0 bridgehead atoms. The summed E-state index contributed by atoms with van der Waals surface area (Å²) in [7, 11) is 0. The molecule has 1 heterocycles. The summed E-state index contributed by atoms with van der Waals surface area (Å²) in [5.41, 5.74) is 9.94. The summed E-state index contributed by atoms with van der Waals surface area (Å²) in [4.78, 5) is 4.66. The number of pyridine rings is 1. The van der Waals surface area contributed by atoms with Crippen molar-refractivity contribution in [2.24, 2.45) is 5.73 Å². The highest BCUT2D eigenvalue weighted by Crippen LogP contribution is 2.29. The van der Waals surface area contributed by atoms with Crippen LogP contribution in [-0.4, -0.2) is 16.1 Å². The molecule has 0 radical (unpaired) electrons. The first kappa shape index (κ1) is 11.2. The van der Waals surface area contributed by atoms with Crippen LogP contribution in [0.1, 0.15) is 17.7 Å². The van der Waals surface area contributed by atoms with E-state index in [2.05, 4.69) is 11.1 Å². The van der Waals surface area contributed by atoms with Crippen molar-refractivity contribution in [3.05, 3.63) is 47.7 Å². The Morgan fingerprint density at radius 1 is 1.17 bits per heavy atom. The van der Waals surface area contributed by atoms with Gasteiger partial charge in [-0.15, -0.1) is 0 Å². The topological polar surface area (TPSA) is 59.1 Å². The minimum Gasteiger partial charge on any atom is -0.507 e. The Morgan fingerprint density at radius 2 is 2.00 bits per heavy atom. The molecular weight excluding hydrogens is 224 g/mol. The lowest BCUT2D eigenvalue weighted by Crippen LogP contribution is -2.28. The molecule has 0 saturated carbocycles. The smallest absolute Gasteiger partial charge is 0.124 e. The van der Waals surface area contributed by atoms with Crippen molar-refractivity contribution in [3.63, 3.8) is 0 Å². The van der Waals surface area contributed by atoms with Crippen molar-refractivity contribution in [2.75, 3.05) is 0 Å². The maximum atomic E-state index is 9.85. The van der Waals surface area contributed by atoms with E-state index >= 15 is 0 Å². The molecule has 1 aromatic heterocycles. The van der Waals surface area contributed by atoms with Crippen molar-refractivity contribution in [1.29, 1.82) is 0 Å². The SMILES string of the molecule is NC1CCc2nc(-c3ccccc3O)ccc2C1. The first-order valence-electron chi connectivity index (χ1n) is 6.27. The summed E-state index contributed by atoms with van der Waals surface area (Å²) in [6, 6.07) is 11.6. The van der Waals surface area contributed by atoms with E-state index in [9.17, 15) is 5.11 Å².